The Kier molecular flexibility index (Phi) is 5.08. The SMILES string of the molecule is CCCCC1Oc2cc(O)ccc2C=C1c1ccc(OC(C)=O)cc1. The van der Waals surface area contributed by atoms with E-state index in [1.165, 1.54) is 6.92 Å². The number of fused-ring (bicyclic) bond motifs is 1. The van der Waals surface area contributed by atoms with E-state index in [-0.39, 0.29) is 17.8 Å². The van der Waals surface area contributed by atoms with Gasteiger partial charge >= 0.3 is 5.97 Å². The number of phenols is 1. The van der Waals surface area contributed by atoms with Gasteiger partial charge in [-0.1, -0.05) is 25.5 Å². The lowest BCUT2D eigenvalue weighted by atomic mass is 9.92. The molecular formula is C21H22O4. The van der Waals surface area contributed by atoms with E-state index in [1.807, 2.05) is 18.2 Å². The third-order valence-electron chi connectivity index (χ3n) is 4.19. The van der Waals surface area contributed by atoms with Crippen LogP contribution in [-0.4, -0.2) is 17.2 Å². The van der Waals surface area contributed by atoms with Crippen LogP contribution in [0.4, 0.5) is 0 Å². The Balaban J connectivity index is 1.94. The first-order valence-corrected chi connectivity index (χ1v) is 8.57. The van der Waals surface area contributed by atoms with Crippen molar-refractivity contribution in [1.82, 2.24) is 0 Å². The van der Waals surface area contributed by atoms with E-state index in [2.05, 4.69) is 13.0 Å². The normalized spacial score (nSPS) is 15.8. The predicted octanol–water partition coefficient (Wildman–Crippen LogP) is 4.81. The molecule has 130 valence electrons. The molecular weight excluding hydrogens is 316 g/mol. The summed E-state index contributed by atoms with van der Waals surface area (Å²) in [6.45, 7) is 3.54. The van der Waals surface area contributed by atoms with Crippen molar-refractivity contribution in [3.63, 3.8) is 0 Å². The van der Waals surface area contributed by atoms with Gasteiger partial charge in [0.15, 0.2) is 0 Å². The number of benzene rings is 2. The van der Waals surface area contributed by atoms with Crippen molar-refractivity contribution in [3.8, 4) is 17.2 Å². The van der Waals surface area contributed by atoms with E-state index in [9.17, 15) is 9.90 Å². The van der Waals surface area contributed by atoms with Crippen molar-refractivity contribution < 1.29 is 19.4 Å². The second-order valence-corrected chi connectivity index (χ2v) is 6.19. The molecule has 1 heterocycles. The minimum absolute atomic E-state index is 0.0613. The highest BCUT2D eigenvalue weighted by Gasteiger charge is 2.24. The largest absolute Gasteiger partial charge is 0.508 e. The van der Waals surface area contributed by atoms with Gasteiger partial charge in [-0.25, -0.2) is 0 Å². The fourth-order valence-corrected chi connectivity index (χ4v) is 2.98. The number of hydrogen-bond donors (Lipinski definition) is 1. The highest BCUT2D eigenvalue weighted by atomic mass is 16.5. The van der Waals surface area contributed by atoms with Crippen LogP contribution in [0.25, 0.3) is 11.6 Å². The van der Waals surface area contributed by atoms with Crippen molar-refractivity contribution >= 4 is 17.6 Å². The molecule has 0 saturated heterocycles. The smallest absolute Gasteiger partial charge is 0.308 e. The van der Waals surface area contributed by atoms with Gasteiger partial charge in [0.1, 0.15) is 23.4 Å². The molecule has 0 radical (unpaired) electrons. The molecule has 1 aliphatic rings. The van der Waals surface area contributed by atoms with Gasteiger partial charge in [0.2, 0.25) is 0 Å². The number of carbonyl (C=O) groups is 1. The Morgan fingerprint density at radius 3 is 2.64 bits per heavy atom. The molecule has 0 saturated carbocycles. The van der Waals surface area contributed by atoms with Gasteiger partial charge in [-0.3, -0.25) is 4.79 Å². The van der Waals surface area contributed by atoms with Crippen molar-refractivity contribution in [2.75, 3.05) is 0 Å². The molecule has 1 atom stereocenters. The van der Waals surface area contributed by atoms with Crippen LogP contribution in [-0.2, 0) is 4.79 Å². The molecule has 4 heteroatoms. The maximum atomic E-state index is 11.1. The van der Waals surface area contributed by atoms with Gasteiger partial charge in [0.25, 0.3) is 0 Å². The van der Waals surface area contributed by atoms with Crippen LogP contribution >= 0.6 is 0 Å². The van der Waals surface area contributed by atoms with Gasteiger partial charge in [-0.2, -0.15) is 0 Å². The zero-order chi connectivity index (χ0) is 17.8. The summed E-state index contributed by atoms with van der Waals surface area (Å²) in [5.74, 6) is 1.11. The summed E-state index contributed by atoms with van der Waals surface area (Å²) in [6, 6.07) is 12.6. The molecule has 2 aromatic carbocycles. The number of phenolic OH excluding ortho intramolecular Hbond substituents is 1. The molecule has 4 nitrogen and oxygen atoms in total. The Morgan fingerprint density at radius 1 is 1.20 bits per heavy atom. The molecule has 0 aliphatic carbocycles. The Labute approximate surface area is 147 Å². The van der Waals surface area contributed by atoms with Gasteiger partial charge in [0.05, 0.1) is 0 Å². The molecule has 3 rings (SSSR count). The van der Waals surface area contributed by atoms with Crippen LogP contribution in [0.15, 0.2) is 42.5 Å². The van der Waals surface area contributed by atoms with E-state index >= 15 is 0 Å². The molecule has 1 aliphatic heterocycles. The van der Waals surface area contributed by atoms with Gasteiger partial charge in [-0.15, -0.1) is 0 Å². The number of rotatable bonds is 5. The molecule has 0 fully saturated rings. The summed E-state index contributed by atoms with van der Waals surface area (Å²) < 4.78 is 11.3. The number of carbonyl (C=O) groups excluding carboxylic acids is 1. The number of unbranched alkanes of at least 4 members (excludes halogenated alkanes) is 1. The molecule has 2 aromatic rings. The van der Waals surface area contributed by atoms with Crippen LogP contribution in [0.2, 0.25) is 0 Å². The summed E-state index contributed by atoms with van der Waals surface area (Å²) in [6.07, 6.45) is 5.10. The van der Waals surface area contributed by atoms with Crippen LogP contribution in [0.5, 0.6) is 17.2 Å². The highest BCUT2D eigenvalue weighted by Crippen LogP contribution is 2.38. The summed E-state index contributed by atoms with van der Waals surface area (Å²) in [5.41, 5.74) is 3.08. The third-order valence-corrected chi connectivity index (χ3v) is 4.19. The first-order valence-electron chi connectivity index (χ1n) is 8.57. The minimum atomic E-state index is -0.331. The van der Waals surface area contributed by atoms with E-state index in [0.717, 1.165) is 36.0 Å². The van der Waals surface area contributed by atoms with Gasteiger partial charge in [0, 0.05) is 24.1 Å². The second-order valence-electron chi connectivity index (χ2n) is 6.19. The molecule has 0 spiro atoms. The van der Waals surface area contributed by atoms with Crippen LogP contribution in [0.1, 0.15) is 44.2 Å². The minimum Gasteiger partial charge on any atom is -0.508 e. The lowest BCUT2D eigenvalue weighted by Gasteiger charge is -2.28. The zero-order valence-corrected chi connectivity index (χ0v) is 14.5. The lowest BCUT2D eigenvalue weighted by Crippen LogP contribution is -2.22. The average molecular weight is 338 g/mol. The Hall–Kier alpha value is -2.75. The standard InChI is InChI=1S/C21H22O4/c1-3-4-5-20-19(12-16-6-9-17(23)13-21(16)25-20)15-7-10-18(11-8-15)24-14(2)22/h6-13,20,23H,3-5H2,1-2H3. The van der Waals surface area contributed by atoms with Crippen molar-refractivity contribution in [3.05, 3.63) is 53.6 Å². The van der Waals surface area contributed by atoms with E-state index in [1.54, 1.807) is 24.3 Å². The third kappa shape index (κ3) is 4.02. The maximum absolute atomic E-state index is 11.1. The maximum Gasteiger partial charge on any atom is 0.308 e. The quantitative estimate of drug-likeness (QED) is 0.628. The highest BCUT2D eigenvalue weighted by molar-refractivity contribution is 5.87. The summed E-state index contributed by atoms with van der Waals surface area (Å²) in [4.78, 5) is 11.1. The number of hydrogen-bond acceptors (Lipinski definition) is 4. The van der Waals surface area contributed by atoms with Gasteiger partial charge in [-0.05, 0) is 48.7 Å². The van der Waals surface area contributed by atoms with Crippen molar-refractivity contribution in [1.29, 1.82) is 0 Å². The van der Waals surface area contributed by atoms with Crippen LogP contribution in [0.3, 0.4) is 0 Å². The number of esters is 1. The fraction of sp³-hybridized carbons (Fsp3) is 0.286. The fourth-order valence-electron chi connectivity index (χ4n) is 2.98. The number of ether oxygens (including phenoxy) is 2. The molecule has 0 aromatic heterocycles. The monoisotopic (exact) mass is 338 g/mol. The summed E-state index contributed by atoms with van der Waals surface area (Å²) in [5, 5.41) is 9.69. The van der Waals surface area contributed by atoms with Gasteiger partial charge < -0.3 is 14.6 Å². The average Bonchev–Trinajstić information content (AvgIpc) is 2.59. The molecule has 1 N–H and O–H groups in total. The zero-order valence-electron chi connectivity index (χ0n) is 14.5. The number of aromatic hydroxyl groups is 1. The first kappa shape index (κ1) is 17.1. The van der Waals surface area contributed by atoms with E-state index in [0.29, 0.717) is 11.5 Å². The van der Waals surface area contributed by atoms with E-state index in [4.69, 9.17) is 9.47 Å². The topological polar surface area (TPSA) is 55.8 Å². The molecule has 0 amide bonds. The summed E-state index contributed by atoms with van der Waals surface area (Å²) in [7, 11) is 0. The Bertz CT molecular complexity index is 790. The predicted molar refractivity (Wildman–Crippen MR) is 97.7 cm³/mol. The molecule has 25 heavy (non-hydrogen) atoms. The Morgan fingerprint density at radius 2 is 1.96 bits per heavy atom. The van der Waals surface area contributed by atoms with Crippen molar-refractivity contribution in [2.24, 2.45) is 0 Å². The lowest BCUT2D eigenvalue weighted by molar-refractivity contribution is -0.131. The molecule has 1 unspecified atom stereocenters. The second kappa shape index (κ2) is 7.43. The van der Waals surface area contributed by atoms with Crippen molar-refractivity contribution in [2.45, 2.75) is 39.2 Å². The van der Waals surface area contributed by atoms with Crippen LogP contribution in [0, 0.1) is 0 Å². The first-order chi connectivity index (χ1) is 12.1. The van der Waals surface area contributed by atoms with Crippen LogP contribution < -0.4 is 9.47 Å². The molecule has 0 bridgehead atoms. The summed E-state index contributed by atoms with van der Waals surface area (Å²) >= 11 is 0. The van der Waals surface area contributed by atoms with E-state index < -0.39 is 0 Å².